The lowest BCUT2D eigenvalue weighted by atomic mass is 10.00. The van der Waals surface area contributed by atoms with Crippen LogP contribution in [0.25, 0.3) is 0 Å². The third kappa shape index (κ3) is 7.03. The van der Waals surface area contributed by atoms with E-state index in [0.29, 0.717) is 42.1 Å². The molecule has 0 radical (unpaired) electrons. The van der Waals surface area contributed by atoms with Crippen molar-refractivity contribution in [2.75, 3.05) is 32.8 Å². The lowest BCUT2D eigenvalue weighted by Crippen LogP contribution is -2.32. The maximum absolute atomic E-state index is 12.5. The number of ether oxygens (including phenoxy) is 3. The first kappa shape index (κ1) is 23.7. The Morgan fingerprint density at radius 1 is 1.27 bits per heavy atom. The highest BCUT2D eigenvalue weighted by Gasteiger charge is 2.20. The van der Waals surface area contributed by atoms with Crippen molar-refractivity contribution in [2.24, 2.45) is 5.92 Å². The average molecular weight is 434 g/mol. The van der Waals surface area contributed by atoms with Crippen LogP contribution in [0.1, 0.15) is 12.0 Å². The summed E-state index contributed by atoms with van der Waals surface area (Å²) in [6.07, 6.45) is 6.70. The molecule has 2 rings (SSSR count). The summed E-state index contributed by atoms with van der Waals surface area (Å²) in [5.41, 5.74) is 1.45. The number of rotatable bonds is 12. The van der Waals surface area contributed by atoms with Gasteiger partial charge < -0.3 is 14.2 Å². The maximum Gasteiger partial charge on any atom is 0.230 e. The molecule has 0 aromatic heterocycles. The summed E-state index contributed by atoms with van der Waals surface area (Å²) < 4.78 is 16.2. The van der Waals surface area contributed by atoms with Gasteiger partial charge in [0.2, 0.25) is 12.3 Å². The van der Waals surface area contributed by atoms with Gasteiger partial charge in [0.05, 0.1) is 24.9 Å². The molecule has 2 atom stereocenters. The Morgan fingerprint density at radius 2 is 2.00 bits per heavy atom. The van der Waals surface area contributed by atoms with Crippen LogP contribution in [-0.2, 0) is 30.3 Å². The molecule has 1 aromatic carbocycles. The number of hydrogen-bond acceptors (Lipinski definition) is 7. The number of carbonyl (C=O) groups is 3. The Hall–Kier alpha value is -2.58. The fourth-order valence-corrected chi connectivity index (χ4v) is 3.72. The molecule has 0 saturated carbocycles. The van der Waals surface area contributed by atoms with Crippen molar-refractivity contribution in [3.8, 4) is 5.75 Å². The molecule has 1 aliphatic rings. The van der Waals surface area contributed by atoms with Crippen LogP contribution in [0.4, 0.5) is 0 Å². The van der Waals surface area contributed by atoms with Crippen molar-refractivity contribution < 1.29 is 28.6 Å². The van der Waals surface area contributed by atoms with Crippen LogP contribution in [0.3, 0.4) is 0 Å². The molecule has 8 heteroatoms. The lowest BCUT2D eigenvalue weighted by Gasteiger charge is -2.19. The van der Waals surface area contributed by atoms with Gasteiger partial charge in [-0.25, -0.2) is 0 Å². The highest BCUT2D eigenvalue weighted by molar-refractivity contribution is 7.98. The molecule has 2 unspecified atom stereocenters. The van der Waals surface area contributed by atoms with Crippen molar-refractivity contribution >= 4 is 29.9 Å². The Morgan fingerprint density at radius 3 is 2.60 bits per heavy atom. The van der Waals surface area contributed by atoms with E-state index in [0.717, 1.165) is 5.56 Å². The molecule has 162 valence electrons. The molecule has 0 bridgehead atoms. The second-order valence-electron chi connectivity index (χ2n) is 6.75. The number of hydrogen-bond donors (Lipinski definition) is 1. The molecular weight excluding hydrogens is 406 g/mol. The largest absolute Gasteiger partial charge is 0.501 e. The minimum atomic E-state index is -0.299. The minimum absolute atomic E-state index is 0.105. The molecular formula is C22H27NO6S. The molecule has 0 heterocycles. The van der Waals surface area contributed by atoms with E-state index >= 15 is 0 Å². The van der Waals surface area contributed by atoms with Gasteiger partial charge in [0.25, 0.3) is 0 Å². The van der Waals surface area contributed by atoms with Crippen LogP contribution >= 0.6 is 11.8 Å². The smallest absolute Gasteiger partial charge is 0.230 e. The first-order valence-corrected chi connectivity index (χ1v) is 10.9. The van der Waals surface area contributed by atoms with Gasteiger partial charge in [-0.3, -0.25) is 19.7 Å². The van der Waals surface area contributed by atoms with E-state index in [1.807, 2.05) is 18.4 Å². The first-order valence-electron chi connectivity index (χ1n) is 9.47. The summed E-state index contributed by atoms with van der Waals surface area (Å²) in [6.45, 7) is -0.105. The maximum atomic E-state index is 12.5. The molecule has 0 aliphatic heterocycles. The average Bonchev–Trinajstić information content (AvgIpc) is 2.77. The van der Waals surface area contributed by atoms with Crippen molar-refractivity contribution in [2.45, 2.75) is 18.9 Å². The normalized spacial score (nSPS) is 16.7. The van der Waals surface area contributed by atoms with E-state index in [2.05, 4.69) is 5.32 Å². The van der Waals surface area contributed by atoms with Gasteiger partial charge in [-0.2, -0.15) is 11.8 Å². The fraction of sp³-hybridized carbons (Fsp3) is 0.409. The Kier molecular flexibility index (Phi) is 9.63. The molecule has 1 N–H and O–H groups in total. The molecule has 1 aromatic rings. The zero-order valence-electron chi connectivity index (χ0n) is 17.4. The zero-order chi connectivity index (χ0) is 21.9. The summed E-state index contributed by atoms with van der Waals surface area (Å²) in [6, 6.07) is 7.23. The molecule has 1 aliphatic carbocycles. The van der Waals surface area contributed by atoms with Crippen LogP contribution < -0.4 is 10.1 Å². The van der Waals surface area contributed by atoms with E-state index in [-0.39, 0.29) is 30.3 Å². The number of amides is 2. The SMILES string of the molecule is COC1=CC(C(=O)COc2ccc(CC(CSC)C(=O)NC=O)cc2)=CC(OC)C1. The van der Waals surface area contributed by atoms with Crippen molar-refractivity contribution in [1.29, 1.82) is 0 Å². The summed E-state index contributed by atoms with van der Waals surface area (Å²) in [4.78, 5) is 35.0. The van der Waals surface area contributed by atoms with Crippen molar-refractivity contribution in [3.05, 3.63) is 53.3 Å². The van der Waals surface area contributed by atoms with Crippen LogP contribution in [0, 0.1) is 5.92 Å². The monoisotopic (exact) mass is 433 g/mol. The molecule has 0 saturated heterocycles. The van der Waals surface area contributed by atoms with Gasteiger partial charge in [0.15, 0.2) is 12.4 Å². The molecule has 2 amide bonds. The van der Waals surface area contributed by atoms with E-state index in [9.17, 15) is 14.4 Å². The third-order valence-electron chi connectivity index (χ3n) is 4.69. The second-order valence-corrected chi connectivity index (χ2v) is 7.66. The van der Waals surface area contributed by atoms with Crippen LogP contribution in [-0.4, -0.2) is 57.0 Å². The number of allylic oxidation sites excluding steroid dienone is 1. The number of thioether (sulfide) groups is 1. The summed E-state index contributed by atoms with van der Waals surface area (Å²) in [5, 5.41) is 2.22. The standard InChI is InChI=1S/C22H27NO6S/c1-27-19-9-16(10-20(11-19)28-2)21(25)12-29-18-6-4-15(5-7-18)8-17(13-30-3)22(26)23-14-24/h4-7,9-10,14,17,19H,8,11-13H2,1-3H3,(H,23,24,26). The predicted molar refractivity (Wildman–Crippen MR) is 115 cm³/mol. The number of methoxy groups -OCH3 is 2. The summed E-state index contributed by atoms with van der Waals surface area (Å²) in [7, 11) is 3.16. The van der Waals surface area contributed by atoms with E-state index in [4.69, 9.17) is 14.2 Å². The minimum Gasteiger partial charge on any atom is -0.501 e. The number of imide groups is 1. The van der Waals surface area contributed by atoms with Crippen LogP contribution in [0.15, 0.2) is 47.7 Å². The number of carbonyl (C=O) groups excluding carboxylic acids is 3. The predicted octanol–water partition coefficient (Wildman–Crippen LogP) is 2.30. The van der Waals surface area contributed by atoms with Gasteiger partial charge >= 0.3 is 0 Å². The summed E-state index contributed by atoms with van der Waals surface area (Å²) in [5.74, 6) is 1.11. The second kappa shape index (κ2) is 12.2. The van der Waals surface area contributed by atoms with E-state index in [1.54, 1.807) is 50.3 Å². The molecule has 30 heavy (non-hydrogen) atoms. The fourth-order valence-electron chi connectivity index (χ4n) is 3.05. The molecule has 7 nitrogen and oxygen atoms in total. The van der Waals surface area contributed by atoms with Crippen LogP contribution in [0.5, 0.6) is 5.75 Å². The summed E-state index contributed by atoms with van der Waals surface area (Å²) >= 11 is 1.55. The third-order valence-corrected chi connectivity index (χ3v) is 5.42. The van der Waals surface area contributed by atoms with Crippen molar-refractivity contribution in [1.82, 2.24) is 5.32 Å². The van der Waals surface area contributed by atoms with E-state index in [1.165, 1.54) is 0 Å². The number of Topliss-reactive ketones (excluding diaryl/α,β-unsaturated/α-hetero) is 1. The van der Waals surface area contributed by atoms with Gasteiger partial charge in [-0.15, -0.1) is 0 Å². The first-order chi connectivity index (χ1) is 14.5. The Labute approximate surface area is 180 Å². The van der Waals surface area contributed by atoms with E-state index < -0.39 is 0 Å². The lowest BCUT2D eigenvalue weighted by molar-refractivity contribution is -0.127. The van der Waals surface area contributed by atoms with Crippen LogP contribution in [0.2, 0.25) is 0 Å². The van der Waals surface area contributed by atoms with Gasteiger partial charge in [0, 0.05) is 24.9 Å². The highest BCUT2D eigenvalue weighted by Crippen LogP contribution is 2.22. The number of ketones is 1. The Bertz CT molecular complexity index is 802. The molecule has 0 fully saturated rings. The molecule has 0 spiro atoms. The van der Waals surface area contributed by atoms with Crippen molar-refractivity contribution in [3.63, 3.8) is 0 Å². The number of benzene rings is 1. The number of nitrogens with one attached hydrogen (secondary N) is 1. The van der Waals surface area contributed by atoms with Gasteiger partial charge in [-0.05, 0) is 42.5 Å². The Balaban J connectivity index is 1.95. The topological polar surface area (TPSA) is 90.9 Å². The van der Waals surface area contributed by atoms with Gasteiger partial charge in [-0.1, -0.05) is 12.1 Å². The quantitative estimate of drug-likeness (QED) is 0.506. The van der Waals surface area contributed by atoms with Gasteiger partial charge in [0.1, 0.15) is 5.75 Å². The highest BCUT2D eigenvalue weighted by atomic mass is 32.2. The zero-order valence-corrected chi connectivity index (χ0v) is 18.2.